The number of likely N-dealkylation sites (tertiary alicyclic amines) is 1. The summed E-state index contributed by atoms with van der Waals surface area (Å²) < 4.78 is 5.64. The molecule has 3 rings (SSSR count). The first-order valence-corrected chi connectivity index (χ1v) is 9.85. The number of aryl methyl sites for hydroxylation is 1. The molecule has 154 valence electrons. The fourth-order valence-electron chi connectivity index (χ4n) is 3.21. The standard InChI is InChI=1S/C21H26N4O4/c1-15-4-6-17(7-5-15)29-14-2-3-19(26)22-16-10-12-25(13-11-16)21(28)18-8-9-20(27)24-23-18/h4-9,16H,2-3,10-14H2,1H3,(H,22,26)(H,24,27). The fraction of sp³-hybridized carbons (Fsp3) is 0.429. The molecule has 0 aliphatic carbocycles. The van der Waals surface area contributed by atoms with E-state index in [9.17, 15) is 14.4 Å². The topological polar surface area (TPSA) is 104 Å². The van der Waals surface area contributed by atoms with Crippen LogP contribution in [0.15, 0.2) is 41.2 Å². The van der Waals surface area contributed by atoms with Gasteiger partial charge in [-0.15, -0.1) is 0 Å². The van der Waals surface area contributed by atoms with Crippen LogP contribution < -0.4 is 15.6 Å². The molecule has 0 radical (unpaired) electrons. The van der Waals surface area contributed by atoms with Gasteiger partial charge in [0.25, 0.3) is 11.5 Å². The van der Waals surface area contributed by atoms with Crippen molar-refractivity contribution in [3.8, 4) is 5.75 Å². The van der Waals surface area contributed by atoms with Gasteiger partial charge < -0.3 is 15.0 Å². The molecule has 1 aliphatic rings. The van der Waals surface area contributed by atoms with Crippen molar-refractivity contribution < 1.29 is 14.3 Å². The summed E-state index contributed by atoms with van der Waals surface area (Å²) in [6.45, 7) is 3.60. The minimum absolute atomic E-state index is 0.00424. The number of rotatable bonds is 7. The Hall–Kier alpha value is -3.16. The second-order valence-electron chi connectivity index (χ2n) is 7.21. The van der Waals surface area contributed by atoms with Gasteiger partial charge in [-0.3, -0.25) is 14.4 Å². The summed E-state index contributed by atoms with van der Waals surface area (Å²) in [5, 5.41) is 9.09. The minimum Gasteiger partial charge on any atom is -0.494 e. The fourth-order valence-corrected chi connectivity index (χ4v) is 3.21. The Labute approximate surface area is 169 Å². The highest BCUT2D eigenvalue weighted by Crippen LogP contribution is 2.14. The Morgan fingerprint density at radius 3 is 2.55 bits per heavy atom. The molecule has 8 heteroatoms. The maximum atomic E-state index is 12.4. The van der Waals surface area contributed by atoms with Gasteiger partial charge in [-0.25, -0.2) is 5.10 Å². The summed E-state index contributed by atoms with van der Waals surface area (Å²) in [5.74, 6) is 0.605. The van der Waals surface area contributed by atoms with Crippen molar-refractivity contribution in [3.63, 3.8) is 0 Å². The monoisotopic (exact) mass is 398 g/mol. The van der Waals surface area contributed by atoms with E-state index in [1.807, 2.05) is 31.2 Å². The first-order valence-electron chi connectivity index (χ1n) is 9.85. The van der Waals surface area contributed by atoms with Gasteiger partial charge in [0.05, 0.1) is 6.61 Å². The lowest BCUT2D eigenvalue weighted by molar-refractivity contribution is -0.122. The van der Waals surface area contributed by atoms with Crippen LogP contribution in [0.25, 0.3) is 0 Å². The number of benzene rings is 1. The van der Waals surface area contributed by atoms with E-state index in [1.165, 1.54) is 17.7 Å². The van der Waals surface area contributed by atoms with Crippen LogP contribution in [-0.2, 0) is 4.79 Å². The summed E-state index contributed by atoms with van der Waals surface area (Å²) in [5.41, 5.74) is 1.06. The van der Waals surface area contributed by atoms with Crippen LogP contribution >= 0.6 is 0 Å². The van der Waals surface area contributed by atoms with E-state index >= 15 is 0 Å². The molecule has 1 fully saturated rings. The predicted molar refractivity (Wildman–Crippen MR) is 108 cm³/mol. The van der Waals surface area contributed by atoms with Crippen molar-refractivity contribution >= 4 is 11.8 Å². The molecular formula is C21H26N4O4. The third-order valence-corrected chi connectivity index (χ3v) is 4.88. The van der Waals surface area contributed by atoms with Crippen molar-refractivity contribution in [3.05, 3.63) is 58.0 Å². The van der Waals surface area contributed by atoms with Crippen LogP contribution in [0.3, 0.4) is 0 Å². The molecule has 1 aromatic heterocycles. The molecular weight excluding hydrogens is 372 g/mol. The molecule has 1 saturated heterocycles. The summed E-state index contributed by atoms with van der Waals surface area (Å²) in [4.78, 5) is 37.3. The van der Waals surface area contributed by atoms with E-state index in [0.717, 1.165) is 5.75 Å². The Morgan fingerprint density at radius 1 is 1.17 bits per heavy atom. The average Bonchev–Trinajstić information content (AvgIpc) is 2.73. The van der Waals surface area contributed by atoms with E-state index in [4.69, 9.17) is 4.74 Å². The molecule has 29 heavy (non-hydrogen) atoms. The van der Waals surface area contributed by atoms with E-state index in [1.54, 1.807) is 4.90 Å². The predicted octanol–water partition coefficient (Wildman–Crippen LogP) is 1.66. The van der Waals surface area contributed by atoms with Crippen LogP contribution in [-0.4, -0.2) is 52.6 Å². The minimum atomic E-state index is -0.341. The Kier molecular flexibility index (Phi) is 6.99. The molecule has 2 N–H and O–H groups in total. The molecule has 0 atom stereocenters. The number of H-pyrrole nitrogens is 1. The number of hydrogen-bond donors (Lipinski definition) is 2. The van der Waals surface area contributed by atoms with Gasteiger partial charge in [0.1, 0.15) is 11.4 Å². The number of aromatic amines is 1. The number of nitrogens with zero attached hydrogens (tertiary/aromatic N) is 2. The average molecular weight is 398 g/mol. The quantitative estimate of drug-likeness (QED) is 0.690. The SMILES string of the molecule is Cc1ccc(OCCCC(=O)NC2CCN(C(=O)c3ccc(=O)[nH]n3)CC2)cc1. The zero-order valence-corrected chi connectivity index (χ0v) is 16.5. The lowest BCUT2D eigenvalue weighted by Crippen LogP contribution is -2.46. The van der Waals surface area contributed by atoms with Gasteiger partial charge in [-0.05, 0) is 44.4 Å². The third kappa shape index (κ3) is 6.17. The second kappa shape index (κ2) is 9.86. The van der Waals surface area contributed by atoms with E-state index in [-0.39, 0.29) is 29.1 Å². The zero-order chi connectivity index (χ0) is 20.6. The number of ether oxygens (including phenoxy) is 1. The van der Waals surface area contributed by atoms with Gasteiger partial charge in [0, 0.05) is 31.6 Å². The largest absolute Gasteiger partial charge is 0.494 e. The molecule has 1 aromatic carbocycles. The summed E-state index contributed by atoms with van der Waals surface area (Å²) in [7, 11) is 0. The van der Waals surface area contributed by atoms with E-state index in [0.29, 0.717) is 45.4 Å². The molecule has 2 amide bonds. The number of piperidine rings is 1. The van der Waals surface area contributed by atoms with Crippen molar-refractivity contribution in [2.75, 3.05) is 19.7 Å². The van der Waals surface area contributed by atoms with Crippen LogP contribution in [0.2, 0.25) is 0 Å². The van der Waals surface area contributed by atoms with Crippen LogP contribution in [0.1, 0.15) is 41.7 Å². The Bertz CT molecular complexity index is 866. The number of carbonyl (C=O) groups excluding carboxylic acids is 2. The van der Waals surface area contributed by atoms with Gasteiger partial charge in [0.15, 0.2) is 0 Å². The second-order valence-corrected chi connectivity index (χ2v) is 7.21. The molecule has 2 heterocycles. The summed E-state index contributed by atoms with van der Waals surface area (Å²) >= 11 is 0. The third-order valence-electron chi connectivity index (χ3n) is 4.88. The Morgan fingerprint density at radius 2 is 1.90 bits per heavy atom. The first kappa shape index (κ1) is 20.6. The van der Waals surface area contributed by atoms with Crippen molar-refractivity contribution in [2.24, 2.45) is 0 Å². The first-order chi connectivity index (χ1) is 14.0. The normalized spacial score (nSPS) is 14.4. The summed E-state index contributed by atoms with van der Waals surface area (Å²) in [6, 6.07) is 10.6. The highest BCUT2D eigenvalue weighted by atomic mass is 16.5. The van der Waals surface area contributed by atoms with Crippen LogP contribution in [0, 0.1) is 6.92 Å². The highest BCUT2D eigenvalue weighted by Gasteiger charge is 2.25. The number of amides is 2. The van der Waals surface area contributed by atoms with Crippen molar-refractivity contribution in [1.82, 2.24) is 20.4 Å². The molecule has 0 bridgehead atoms. The maximum Gasteiger partial charge on any atom is 0.274 e. The van der Waals surface area contributed by atoms with Gasteiger partial charge in [-0.2, -0.15) is 5.10 Å². The highest BCUT2D eigenvalue weighted by molar-refractivity contribution is 5.92. The van der Waals surface area contributed by atoms with Crippen LogP contribution in [0.4, 0.5) is 0 Å². The number of aromatic nitrogens is 2. The van der Waals surface area contributed by atoms with Crippen molar-refractivity contribution in [1.29, 1.82) is 0 Å². The number of nitrogens with one attached hydrogen (secondary N) is 2. The van der Waals surface area contributed by atoms with Gasteiger partial charge >= 0.3 is 0 Å². The van der Waals surface area contributed by atoms with E-state index in [2.05, 4.69) is 15.5 Å². The van der Waals surface area contributed by atoms with Gasteiger partial charge in [-0.1, -0.05) is 17.7 Å². The molecule has 0 saturated carbocycles. The molecule has 0 unspecified atom stereocenters. The number of hydrogen-bond acceptors (Lipinski definition) is 5. The lowest BCUT2D eigenvalue weighted by atomic mass is 10.0. The molecule has 1 aliphatic heterocycles. The van der Waals surface area contributed by atoms with Crippen molar-refractivity contribution in [2.45, 2.75) is 38.6 Å². The maximum absolute atomic E-state index is 12.4. The lowest BCUT2D eigenvalue weighted by Gasteiger charge is -2.32. The zero-order valence-electron chi connectivity index (χ0n) is 16.5. The summed E-state index contributed by atoms with van der Waals surface area (Å²) in [6.07, 6.45) is 2.45. The smallest absolute Gasteiger partial charge is 0.274 e. The molecule has 8 nitrogen and oxygen atoms in total. The molecule has 2 aromatic rings. The Balaban J connectivity index is 1.34. The molecule has 0 spiro atoms. The van der Waals surface area contributed by atoms with Crippen LogP contribution in [0.5, 0.6) is 5.75 Å². The number of carbonyl (C=O) groups is 2. The van der Waals surface area contributed by atoms with Gasteiger partial charge in [0.2, 0.25) is 5.91 Å². The van der Waals surface area contributed by atoms with E-state index < -0.39 is 0 Å².